The first-order valence-corrected chi connectivity index (χ1v) is 10.7. The van der Waals surface area contributed by atoms with Gasteiger partial charge in [0, 0.05) is 32.3 Å². The zero-order chi connectivity index (χ0) is 24.4. The Morgan fingerprint density at radius 1 is 0.656 bits per heavy atom. The quantitative estimate of drug-likeness (QED) is 0.344. The highest BCUT2D eigenvalue weighted by Gasteiger charge is 2.28. The van der Waals surface area contributed by atoms with Crippen LogP contribution in [0.25, 0.3) is 0 Å². The molecule has 0 atom stereocenters. The topological polar surface area (TPSA) is 152 Å². The van der Waals surface area contributed by atoms with Gasteiger partial charge >= 0.3 is 23.9 Å². The van der Waals surface area contributed by atoms with Crippen LogP contribution in [0.1, 0.15) is 46.5 Å². The molecule has 0 aliphatic carbocycles. The Morgan fingerprint density at radius 3 is 1.31 bits per heavy atom. The molecule has 0 aromatic heterocycles. The van der Waals surface area contributed by atoms with Crippen molar-refractivity contribution in [2.24, 2.45) is 11.8 Å². The van der Waals surface area contributed by atoms with Crippen LogP contribution in [0.15, 0.2) is 0 Å². The summed E-state index contributed by atoms with van der Waals surface area (Å²) in [5, 5.41) is 8.48. The first kappa shape index (κ1) is 29.5. The maximum atomic E-state index is 11.4. The average Bonchev–Trinajstić information content (AvgIpc) is 2.81. The number of carbonyl (C=O) groups is 5. The van der Waals surface area contributed by atoms with Crippen molar-refractivity contribution in [3.63, 3.8) is 0 Å². The number of ketones is 1. The molecule has 11 heteroatoms. The Labute approximate surface area is 187 Å². The maximum Gasteiger partial charge on any atom is 0.417 e. The molecule has 32 heavy (non-hydrogen) atoms. The number of carboxylic acid groups (broad SMARTS) is 1. The summed E-state index contributed by atoms with van der Waals surface area (Å²) in [6.45, 7) is 7.92. The fraction of sp³-hybridized carbons (Fsp3) is 0.762. The van der Waals surface area contributed by atoms with Gasteiger partial charge in [0.25, 0.3) is 0 Å². The molecule has 0 aromatic carbocycles. The van der Waals surface area contributed by atoms with Gasteiger partial charge in [0.1, 0.15) is 0 Å². The van der Waals surface area contributed by atoms with Crippen LogP contribution in [0, 0.1) is 11.8 Å². The number of aliphatic carboxylic acids is 1. The van der Waals surface area contributed by atoms with Crippen LogP contribution in [-0.4, -0.2) is 81.0 Å². The molecule has 2 fully saturated rings. The number of Topliss-reactive ketones (excluding diaryl/α,β-unsaturated/α-hetero) is 1. The minimum atomic E-state index is -0.927. The SMILES string of the molecule is CCOC(=O)C(=O)C1CCOCC1.CCOC(=O)C(=O)OCC.O=C(O)C1CCOCC1. The number of rotatable bonds is 6. The second-order valence-electron chi connectivity index (χ2n) is 6.64. The Hall–Kier alpha value is -2.53. The normalized spacial score (nSPS) is 16.2. The van der Waals surface area contributed by atoms with Crippen molar-refractivity contribution in [2.45, 2.75) is 46.5 Å². The smallest absolute Gasteiger partial charge is 0.417 e. The number of carbonyl (C=O) groups excluding carboxylic acids is 4. The van der Waals surface area contributed by atoms with Crippen molar-refractivity contribution in [2.75, 3.05) is 46.2 Å². The van der Waals surface area contributed by atoms with E-state index in [4.69, 9.17) is 14.6 Å². The molecule has 2 aliphatic heterocycles. The third-order valence-electron chi connectivity index (χ3n) is 4.36. The molecule has 0 radical (unpaired) electrons. The predicted octanol–water partition coefficient (Wildman–Crippen LogP) is 1.16. The van der Waals surface area contributed by atoms with Crippen molar-refractivity contribution in [3.05, 3.63) is 0 Å². The monoisotopic (exact) mass is 462 g/mol. The van der Waals surface area contributed by atoms with E-state index in [1.54, 1.807) is 20.8 Å². The zero-order valence-electron chi connectivity index (χ0n) is 19.0. The summed E-state index contributed by atoms with van der Waals surface area (Å²) in [7, 11) is 0. The molecule has 184 valence electrons. The second-order valence-corrected chi connectivity index (χ2v) is 6.64. The first-order valence-electron chi connectivity index (χ1n) is 10.7. The molecule has 2 saturated heterocycles. The summed E-state index contributed by atoms with van der Waals surface area (Å²) in [6.07, 6.45) is 2.62. The first-order chi connectivity index (χ1) is 15.3. The van der Waals surface area contributed by atoms with Crippen LogP contribution in [0.4, 0.5) is 0 Å². The number of hydrogen-bond acceptors (Lipinski definition) is 10. The van der Waals surface area contributed by atoms with Crippen molar-refractivity contribution in [1.29, 1.82) is 0 Å². The minimum Gasteiger partial charge on any atom is -0.481 e. The Morgan fingerprint density at radius 2 is 1.00 bits per heavy atom. The summed E-state index contributed by atoms with van der Waals surface area (Å²) in [5.41, 5.74) is 0. The van der Waals surface area contributed by atoms with Gasteiger partial charge in [0.15, 0.2) is 0 Å². The molecule has 0 saturated carbocycles. The number of hydrogen-bond donors (Lipinski definition) is 1. The summed E-state index contributed by atoms with van der Waals surface area (Å²) >= 11 is 0. The van der Waals surface area contributed by atoms with E-state index in [0.29, 0.717) is 52.1 Å². The third-order valence-corrected chi connectivity index (χ3v) is 4.36. The van der Waals surface area contributed by atoms with Crippen molar-refractivity contribution in [1.82, 2.24) is 0 Å². The third kappa shape index (κ3) is 13.0. The van der Waals surface area contributed by atoms with Gasteiger partial charge in [-0.15, -0.1) is 0 Å². The second kappa shape index (κ2) is 18.1. The summed E-state index contributed by atoms with van der Waals surface area (Å²) in [5.74, 6) is -3.97. The van der Waals surface area contributed by atoms with E-state index in [2.05, 4.69) is 14.2 Å². The molecule has 0 unspecified atom stereocenters. The Bertz CT molecular complexity index is 575. The van der Waals surface area contributed by atoms with E-state index in [-0.39, 0.29) is 31.7 Å². The lowest BCUT2D eigenvalue weighted by atomic mass is 9.95. The lowest BCUT2D eigenvalue weighted by Crippen LogP contribution is -2.30. The van der Waals surface area contributed by atoms with Gasteiger partial charge in [0.2, 0.25) is 5.78 Å². The lowest BCUT2D eigenvalue weighted by Gasteiger charge is -2.19. The molecule has 2 aliphatic rings. The predicted molar refractivity (Wildman–Crippen MR) is 110 cm³/mol. The summed E-state index contributed by atoms with van der Waals surface area (Å²) in [4.78, 5) is 53.6. The largest absolute Gasteiger partial charge is 0.481 e. The van der Waals surface area contributed by atoms with Crippen molar-refractivity contribution < 1.29 is 52.8 Å². The standard InChI is InChI=1S/C9H14O4.C6H10O4.C6H10O3/c1-2-13-9(11)8(10)7-3-5-12-6-4-7;1-3-9-5(7)6(8)10-4-2;7-6(8)5-1-3-9-4-2-5/h7H,2-6H2,1H3;3-4H2,1-2H3;5H,1-4H2,(H,7,8). The highest BCUT2D eigenvalue weighted by molar-refractivity contribution is 6.34. The van der Waals surface area contributed by atoms with Crippen LogP contribution in [0.2, 0.25) is 0 Å². The number of ether oxygens (including phenoxy) is 5. The Balaban J connectivity index is 0.000000460. The number of esters is 3. The van der Waals surface area contributed by atoms with E-state index >= 15 is 0 Å². The van der Waals surface area contributed by atoms with Gasteiger partial charge in [-0.25, -0.2) is 14.4 Å². The number of carboxylic acids is 1. The fourth-order valence-corrected chi connectivity index (χ4v) is 2.65. The van der Waals surface area contributed by atoms with Gasteiger partial charge in [-0.2, -0.15) is 0 Å². The fourth-order valence-electron chi connectivity index (χ4n) is 2.65. The van der Waals surface area contributed by atoms with Crippen LogP contribution in [-0.2, 0) is 47.7 Å². The molecule has 0 aromatic rings. The molecular weight excluding hydrogens is 428 g/mol. The van der Waals surface area contributed by atoms with Crippen LogP contribution < -0.4 is 0 Å². The zero-order valence-corrected chi connectivity index (χ0v) is 19.0. The average molecular weight is 462 g/mol. The van der Waals surface area contributed by atoms with Gasteiger partial charge in [-0.05, 0) is 46.5 Å². The van der Waals surface area contributed by atoms with Gasteiger partial charge in [-0.3, -0.25) is 9.59 Å². The molecule has 11 nitrogen and oxygen atoms in total. The Kier molecular flexibility index (Phi) is 16.7. The van der Waals surface area contributed by atoms with Gasteiger partial charge in [0.05, 0.1) is 25.7 Å². The minimum absolute atomic E-state index is 0.154. The van der Waals surface area contributed by atoms with E-state index in [1.807, 2.05) is 0 Å². The van der Waals surface area contributed by atoms with Crippen LogP contribution in [0.5, 0.6) is 0 Å². The van der Waals surface area contributed by atoms with Gasteiger partial charge < -0.3 is 28.8 Å². The highest BCUT2D eigenvalue weighted by Crippen LogP contribution is 2.16. The summed E-state index contributed by atoms with van der Waals surface area (Å²) in [6, 6.07) is 0. The van der Waals surface area contributed by atoms with Crippen molar-refractivity contribution >= 4 is 29.7 Å². The molecule has 0 amide bonds. The van der Waals surface area contributed by atoms with Crippen LogP contribution >= 0.6 is 0 Å². The van der Waals surface area contributed by atoms with E-state index < -0.39 is 29.7 Å². The van der Waals surface area contributed by atoms with E-state index in [0.717, 1.165) is 0 Å². The molecule has 1 N–H and O–H groups in total. The summed E-state index contributed by atoms with van der Waals surface area (Å²) < 4.78 is 23.4. The molecule has 0 bridgehead atoms. The molecule has 0 spiro atoms. The van der Waals surface area contributed by atoms with Crippen molar-refractivity contribution in [3.8, 4) is 0 Å². The maximum absolute atomic E-state index is 11.4. The van der Waals surface area contributed by atoms with Gasteiger partial charge in [-0.1, -0.05) is 0 Å². The lowest BCUT2D eigenvalue weighted by molar-refractivity contribution is -0.167. The molecule has 2 heterocycles. The molecule has 2 rings (SSSR count). The van der Waals surface area contributed by atoms with Crippen LogP contribution in [0.3, 0.4) is 0 Å². The van der Waals surface area contributed by atoms with E-state index in [9.17, 15) is 24.0 Å². The van der Waals surface area contributed by atoms with E-state index in [1.165, 1.54) is 0 Å². The highest BCUT2D eigenvalue weighted by atomic mass is 16.6. The molecular formula is C21H34O11.